The summed E-state index contributed by atoms with van der Waals surface area (Å²) in [5, 5.41) is 0.965. The van der Waals surface area contributed by atoms with E-state index in [1.807, 2.05) is 66.7 Å². The maximum absolute atomic E-state index is 6.00. The summed E-state index contributed by atoms with van der Waals surface area (Å²) in [6.45, 7) is 7.82. The van der Waals surface area contributed by atoms with Gasteiger partial charge in [-0.2, -0.15) is 0 Å². The van der Waals surface area contributed by atoms with Crippen LogP contribution in [0.1, 0.15) is 6.42 Å². The summed E-state index contributed by atoms with van der Waals surface area (Å²) in [6.07, 6.45) is 2.53. The molecule has 0 bridgehead atoms. The Morgan fingerprint density at radius 3 is 1.75 bits per heavy atom. The quantitative estimate of drug-likeness (QED) is 0.564. The zero-order valence-electron chi connectivity index (χ0n) is 11.4. The van der Waals surface area contributed by atoms with Crippen LogP contribution in [0.3, 0.4) is 0 Å². The van der Waals surface area contributed by atoms with Crippen molar-refractivity contribution in [2.45, 2.75) is 6.42 Å². The monoisotopic (exact) mass is 282 g/mol. The largest absolute Gasteiger partial charge is 0.511 e. The molecule has 0 radical (unpaired) electrons. The first-order valence-electron chi connectivity index (χ1n) is 6.51. The fourth-order valence-corrected chi connectivity index (χ4v) is 3.27. The fourth-order valence-electron chi connectivity index (χ4n) is 1.72. The van der Waals surface area contributed by atoms with E-state index in [9.17, 15) is 0 Å². The van der Waals surface area contributed by atoms with Crippen molar-refractivity contribution in [2.24, 2.45) is 0 Å². The molecule has 0 unspecified atom stereocenters. The second-order valence-electron chi connectivity index (χ2n) is 4.34. The Morgan fingerprint density at radius 1 is 0.900 bits per heavy atom. The van der Waals surface area contributed by atoms with Crippen LogP contribution in [0.15, 0.2) is 85.1 Å². The molecule has 102 valence electrons. The van der Waals surface area contributed by atoms with Gasteiger partial charge in [0.15, 0.2) is 0 Å². The summed E-state index contributed by atoms with van der Waals surface area (Å²) < 4.78 is 12.0. The van der Waals surface area contributed by atoms with Crippen molar-refractivity contribution < 1.29 is 8.85 Å². The van der Waals surface area contributed by atoms with Crippen LogP contribution in [0.2, 0.25) is 0 Å². The number of allylic oxidation sites excluding steroid dienone is 2. The minimum Gasteiger partial charge on any atom is -0.511 e. The molecule has 2 rings (SSSR count). The van der Waals surface area contributed by atoms with Crippen molar-refractivity contribution in [3.63, 3.8) is 0 Å². The fraction of sp³-hybridized carbons (Fsp3) is 0.0588. The van der Waals surface area contributed by atoms with Gasteiger partial charge in [0.1, 0.15) is 11.5 Å². The Labute approximate surface area is 121 Å². The maximum Gasteiger partial charge on any atom is 0.475 e. The van der Waals surface area contributed by atoms with E-state index in [0.29, 0.717) is 6.42 Å². The molecule has 0 amide bonds. The SMILES string of the molecule is C=CCC(=C)[SiH](Oc1ccccc1)Oc1ccccc1. The number of rotatable bonds is 7. The molecule has 2 nitrogen and oxygen atoms in total. The molecule has 2 aromatic carbocycles. The molecule has 0 N–H and O–H groups in total. The highest BCUT2D eigenvalue weighted by molar-refractivity contribution is 6.55. The Bertz CT molecular complexity index is 510. The summed E-state index contributed by atoms with van der Waals surface area (Å²) in [5.74, 6) is 1.62. The number of hydrogen-bond donors (Lipinski definition) is 0. The van der Waals surface area contributed by atoms with E-state index in [0.717, 1.165) is 16.7 Å². The van der Waals surface area contributed by atoms with Crippen molar-refractivity contribution in [3.05, 3.63) is 85.1 Å². The average molecular weight is 282 g/mol. The number of benzene rings is 2. The van der Waals surface area contributed by atoms with Crippen LogP contribution in [0.4, 0.5) is 0 Å². The highest BCUT2D eigenvalue weighted by Crippen LogP contribution is 2.18. The van der Waals surface area contributed by atoms with Gasteiger partial charge in [0.05, 0.1) is 0 Å². The van der Waals surface area contributed by atoms with Gasteiger partial charge in [-0.15, -0.1) is 6.58 Å². The predicted molar refractivity (Wildman–Crippen MR) is 85.2 cm³/mol. The standard InChI is InChI=1S/C17H18O2Si/c1-3-10-15(2)20(18-16-11-6-4-7-12-16)19-17-13-8-5-9-14-17/h3-9,11-14,20H,1-2,10H2. The Kier molecular flexibility index (Phi) is 5.21. The summed E-state index contributed by atoms with van der Waals surface area (Å²) in [7, 11) is -2.06. The topological polar surface area (TPSA) is 18.5 Å². The molecule has 0 aromatic heterocycles. The van der Waals surface area contributed by atoms with Crippen LogP contribution in [0.25, 0.3) is 0 Å². The molecule has 0 aliphatic rings. The predicted octanol–water partition coefficient (Wildman–Crippen LogP) is 4.04. The Hall–Kier alpha value is -2.26. The van der Waals surface area contributed by atoms with E-state index < -0.39 is 9.28 Å². The summed E-state index contributed by atoms with van der Waals surface area (Å²) in [6, 6.07) is 19.4. The second kappa shape index (κ2) is 7.36. The van der Waals surface area contributed by atoms with E-state index >= 15 is 0 Å². The lowest BCUT2D eigenvalue weighted by molar-refractivity contribution is 0.432. The third kappa shape index (κ3) is 4.14. The average Bonchev–Trinajstić information content (AvgIpc) is 2.49. The molecule has 0 saturated carbocycles. The third-order valence-corrected chi connectivity index (χ3v) is 4.59. The molecule has 20 heavy (non-hydrogen) atoms. The summed E-state index contributed by atoms with van der Waals surface area (Å²) in [5.41, 5.74) is 0. The van der Waals surface area contributed by atoms with Crippen LogP contribution < -0.4 is 8.85 Å². The van der Waals surface area contributed by atoms with Crippen molar-refractivity contribution in [1.29, 1.82) is 0 Å². The molecule has 0 aliphatic heterocycles. The first-order chi connectivity index (χ1) is 9.79. The Balaban J connectivity index is 2.12. The normalized spacial score (nSPS) is 10.1. The maximum atomic E-state index is 6.00. The molecule has 0 heterocycles. The van der Waals surface area contributed by atoms with Crippen molar-refractivity contribution in [3.8, 4) is 11.5 Å². The van der Waals surface area contributed by atoms with Gasteiger partial charge in [0, 0.05) is 0 Å². The van der Waals surface area contributed by atoms with E-state index in [-0.39, 0.29) is 0 Å². The van der Waals surface area contributed by atoms with E-state index in [1.54, 1.807) is 0 Å². The van der Waals surface area contributed by atoms with Crippen molar-refractivity contribution in [2.75, 3.05) is 0 Å². The molecule has 0 atom stereocenters. The third-order valence-electron chi connectivity index (χ3n) is 2.71. The molecular formula is C17H18O2Si. The molecule has 0 spiro atoms. The van der Waals surface area contributed by atoms with Crippen molar-refractivity contribution in [1.82, 2.24) is 0 Å². The Morgan fingerprint density at radius 2 is 1.35 bits per heavy atom. The van der Waals surface area contributed by atoms with Crippen LogP contribution in [-0.2, 0) is 0 Å². The molecule has 0 aliphatic carbocycles. The van der Waals surface area contributed by atoms with Gasteiger partial charge >= 0.3 is 9.28 Å². The first-order valence-corrected chi connectivity index (χ1v) is 8.03. The van der Waals surface area contributed by atoms with Crippen LogP contribution in [-0.4, -0.2) is 9.28 Å². The molecule has 0 saturated heterocycles. The molecular weight excluding hydrogens is 264 g/mol. The number of hydrogen-bond acceptors (Lipinski definition) is 2. The second-order valence-corrected chi connectivity index (χ2v) is 6.30. The minimum atomic E-state index is -2.06. The van der Waals surface area contributed by atoms with Gasteiger partial charge < -0.3 is 8.85 Å². The van der Waals surface area contributed by atoms with Crippen LogP contribution in [0.5, 0.6) is 11.5 Å². The first kappa shape index (κ1) is 14.2. The van der Waals surface area contributed by atoms with Gasteiger partial charge in [-0.3, -0.25) is 0 Å². The van der Waals surface area contributed by atoms with Gasteiger partial charge in [-0.05, 0) is 35.9 Å². The minimum absolute atomic E-state index is 0.705. The van der Waals surface area contributed by atoms with Crippen LogP contribution in [0, 0.1) is 0 Å². The zero-order valence-corrected chi connectivity index (χ0v) is 12.5. The highest BCUT2D eigenvalue weighted by Gasteiger charge is 2.21. The number of para-hydroxylation sites is 2. The van der Waals surface area contributed by atoms with Crippen LogP contribution >= 0.6 is 0 Å². The lowest BCUT2D eigenvalue weighted by atomic mass is 10.3. The van der Waals surface area contributed by atoms with Gasteiger partial charge in [0.2, 0.25) is 0 Å². The van der Waals surface area contributed by atoms with E-state index in [4.69, 9.17) is 8.85 Å². The van der Waals surface area contributed by atoms with E-state index in [1.165, 1.54) is 0 Å². The highest BCUT2D eigenvalue weighted by atomic mass is 28.3. The van der Waals surface area contributed by atoms with Gasteiger partial charge in [-0.1, -0.05) is 49.1 Å². The lowest BCUT2D eigenvalue weighted by Gasteiger charge is -2.20. The molecule has 3 heteroatoms. The summed E-state index contributed by atoms with van der Waals surface area (Å²) in [4.78, 5) is 0. The zero-order chi connectivity index (χ0) is 14.2. The van der Waals surface area contributed by atoms with E-state index in [2.05, 4.69) is 13.2 Å². The molecule has 0 fully saturated rings. The lowest BCUT2D eigenvalue weighted by Crippen LogP contribution is -2.32. The molecule has 2 aromatic rings. The van der Waals surface area contributed by atoms with Crippen molar-refractivity contribution >= 4 is 9.28 Å². The van der Waals surface area contributed by atoms with Gasteiger partial charge in [-0.25, -0.2) is 0 Å². The summed E-state index contributed by atoms with van der Waals surface area (Å²) >= 11 is 0. The smallest absolute Gasteiger partial charge is 0.475 e. The van der Waals surface area contributed by atoms with Gasteiger partial charge in [0.25, 0.3) is 0 Å².